The van der Waals surface area contributed by atoms with Crippen molar-refractivity contribution in [1.82, 2.24) is 0 Å². The van der Waals surface area contributed by atoms with E-state index in [4.69, 9.17) is 14.2 Å². The van der Waals surface area contributed by atoms with Gasteiger partial charge in [0, 0.05) is 19.3 Å². The molecule has 0 aliphatic heterocycles. The van der Waals surface area contributed by atoms with Crippen LogP contribution in [0.25, 0.3) is 0 Å². The number of unbranched alkanes of at least 4 members (excludes halogenated alkanes) is 44. The topological polar surface area (TPSA) is 78.9 Å². The van der Waals surface area contributed by atoms with Gasteiger partial charge in [0.05, 0.1) is 0 Å². The van der Waals surface area contributed by atoms with Crippen LogP contribution >= 0.6 is 0 Å². The predicted octanol–water partition coefficient (Wildman–Crippen LogP) is 23.3. The van der Waals surface area contributed by atoms with Gasteiger partial charge in [-0.3, -0.25) is 14.4 Å². The van der Waals surface area contributed by atoms with Crippen LogP contribution in [0.1, 0.15) is 367 Å². The molecule has 0 aliphatic rings. The minimum absolute atomic E-state index is 0.0742. The maximum atomic E-state index is 12.9. The molecule has 0 aromatic heterocycles. The molecule has 0 aromatic rings. The number of ether oxygens (including phenoxy) is 3. The molecule has 0 saturated heterocycles. The number of carbonyl (C=O) groups is 3. The zero-order valence-corrected chi connectivity index (χ0v) is 51.7. The SMILES string of the molecule is CCCCCC/C=C\C/C=C\CCCCCCCCCC(=O)OCC(COC(=O)CCCCCCCCCCC/C=C\C/C=C\CCCCCCC)OC(=O)CCCCCCCCCCCCCCCCCCCCCC. The van der Waals surface area contributed by atoms with E-state index in [0.29, 0.717) is 19.3 Å². The van der Waals surface area contributed by atoms with Crippen molar-refractivity contribution in [2.75, 3.05) is 13.2 Å². The van der Waals surface area contributed by atoms with Gasteiger partial charge in [-0.25, -0.2) is 0 Å². The summed E-state index contributed by atoms with van der Waals surface area (Å²) in [5.41, 5.74) is 0. The second kappa shape index (κ2) is 65.9. The summed E-state index contributed by atoms with van der Waals surface area (Å²) in [4.78, 5) is 38.4. The number of rotatable bonds is 63. The third-order valence-corrected chi connectivity index (χ3v) is 15.3. The fourth-order valence-electron chi connectivity index (χ4n) is 10.2. The molecule has 0 heterocycles. The van der Waals surface area contributed by atoms with Crippen molar-refractivity contribution in [3.05, 3.63) is 48.6 Å². The highest BCUT2D eigenvalue weighted by molar-refractivity contribution is 5.71. The summed E-state index contributed by atoms with van der Waals surface area (Å²) in [5.74, 6) is -0.860. The van der Waals surface area contributed by atoms with Crippen molar-refractivity contribution in [1.29, 1.82) is 0 Å². The van der Waals surface area contributed by atoms with Crippen LogP contribution in [0.2, 0.25) is 0 Å². The van der Waals surface area contributed by atoms with Gasteiger partial charge in [0.2, 0.25) is 0 Å². The lowest BCUT2D eigenvalue weighted by atomic mass is 10.0. The smallest absolute Gasteiger partial charge is 0.306 e. The number of hydrogen-bond acceptors (Lipinski definition) is 6. The molecule has 0 aliphatic carbocycles. The molecule has 450 valence electrons. The quantitative estimate of drug-likeness (QED) is 0.0261. The number of esters is 3. The first-order valence-corrected chi connectivity index (χ1v) is 34.1. The lowest BCUT2D eigenvalue weighted by molar-refractivity contribution is -0.167. The van der Waals surface area contributed by atoms with E-state index in [-0.39, 0.29) is 31.1 Å². The summed E-state index contributed by atoms with van der Waals surface area (Å²) < 4.78 is 17.0. The van der Waals surface area contributed by atoms with Gasteiger partial charge in [0.1, 0.15) is 13.2 Å². The van der Waals surface area contributed by atoms with Gasteiger partial charge in [-0.15, -0.1) is 0 Å². The van der Waals surface area contributed by atoms with Crippen molar-refractivity contribution in [3.63, 3.8) is 0 Å². The van der Waals surface area contributed by atoms with Crippen molar-refractivity contribution in [2.24, 2.45) is 0 Å². The van der Waals surface area contributed by atoms with Crippen molar-refractivity contribution in [3.8, 4) is 0 Å². The predicted molar refractivity (Wildman–Crippen MR) is 335 cm³/mol. The van der Waals surface area contributed by atoms with E-state index in [9.17, 15) is 14.4 Å². The van der Waals surface area contributed by atoms with E-state index >= 15 is 0 Å². The van der Waals surface area contributed by atoms with Crippen LogP contribution in [-0.4, -0.2) is 37.2 Å². The molecular formula is C71H130O6. The van der Waals surface area contributed by atoms with E-state index in [1.807, 2.05) is 0 Å². The third kappa shape index (κ3) is 64.1. The van der Waals surface area contributed by atoms with Gasteiger partial charge in [0.15, 0.2) is 6.10 Å². The summed E-state index contributed by atoms with van der Waals surface area (Å²) in [6.45, 7) is 6.67. The summed E-state index contributed by atoms with van der Waals surface area (Å²) in [7, 11) is 0. The van der Waals surface area contributed by atoms with Gasteiger partial charge in [-0.05, 0) is 83.5 Å². The summed E-state index contributed by atoms with van der Waals surface area (Å²) in [6.07, 6.45) is 82.6. The van der Waals surface area contributed by atoms with Crippen LogP contribution in [-0.2, 0) is 28.6 Å². The minimum Gasteiger partial charge on any atom is -0.462 e. The Kier molecular flexibility index (Phi) is 63.6. The number of allylic oxidation sites excluding steroid dienone is 8. The Morgan fingerprint density at radius 1 is 0.260 bits per heavy atom. The molecule has 0 bridgehead atoms. The number of hydrogen-bond donors (Lipinski definition) is 0. The molecule has 0 N–H and O–H groups in total. The minimum atomic E-state index is -0.778. The van der Waals surface area contributed by atoms with Crippen molar-refractivity contribution >= 4 is 17.9 Å². The van der Waals surface area contributed by atoms with Crippen LogP contribution in [0.5, 0.6) is 0 Å². The van der Waals surface area contributed by atoms with E-state index < -0.39 is 6.10 Å². The first kappa shape index (κ1) is 74.4. The van der Waals surface area contributed by atoms with Crippen LogP contribution in [0.3, 0.4) is 0 Å². The van der Waals surface area contributed by atoms with E-state index in [1.165, 1.54) is 250 Å². The molecule has 6 nitrogen and oxygen atoms in total. The molecule has 0 amide bonds. The second-order valence-electron chi connectivity index (χ2n) is 23.1. The molecule has 0 rings (SSSR count). The Morgan fingerprint density at radius 3 is 0.727 bits per heavy atom. The average Bonchev–Trinajstić information content (AvgIpc) is 3.43. The molecule has 77 heavy (non-hydrogen) atoms. The third-order valence-electron chi connectivity index (χ3n) is 15.3. The van der Waals surface area contributed by atoms with Gasteiger partial charge >= 0.3 is 17.9 Å². The first-order valence-electron chi connectivity index (χ1n) is 34.1. The maximum Gasteiger partial charge on any atom is 0.306 e. The summed E-state index contributed by atoms with van der Waals surface area (Å²) >= 11 is 0. The monoisotopic (exact) mass is 1080 g/mol. The first-order chi connectivity index (χ1) is 38.0. The van der Waals surface area contributed by atoms with Gasteiger partial charge in [-0.1, -0.05) is 313 Å². The molecule has 1 atom stereocenters. The zero-order chi connectivity index (χ0) is 55.7. The highest BCUT2D eigenvalue weighted by Gasteiger charge is 2.19. The fourth-order valence-corrected chi connectivity index (χ4v) is 10.2. The van der Waals surface area contributed by atoms with Gasteiger partial charge in [0.25, 0.3) is 0 Å². The summed E-state index contributed by atoms with van der Waals surface area (Å²) in [6, 6.07) is 0. The van der Waals surface area contributed by atoms with Crippen molar-refractivity contribution in [2.45, 2.75) is 374 Å². The molecule has 1 unspecified atom stereocenters. The van der Waals surface area contributed by atoms with E-state index in [2.05, 4.69) is 69.4 Å². The van der Waals surface area contributed by atoms with E-state index in [0.717, 1.165) is 77.0 Å². The van der Waals surface area contributed by atoms with Crippen LogP contribution in [0, 0.1) is 0 Å². The average molecular weight is 1080 g/mol. The maximum absolute atomic E-state index is 12.9. The zero-order valence-electron chi connectivity index (χ0n) is 51.7. The Hall–Kier alpha value is -2.63. The standard InChI is InChI=1S/C71H130O6/c1-4-7-10-13-16-19-22-25-28-31-34-36-38-40-43-46-49-52-55-58-61-64-70(73)76-67-68(66-75-69(72)63-60-57-54-51-48-45-42-39-33-30-27-24-21-18-15-12-9-6-3)77-71(74)65-62-59-56-53-50-47-44-41-37-35-32-29-26-23-20-17-14-11-8-5-2/h21-22,24-25,30-31,33-34,68H,4-20,23,26-29,32,35-67H2,1-3H3/b24-21-,25-22-,33-30-,34-31-. The Bertz CT molecular complexity index is 1330. The Balaban J connectivity index is 4.35. The molecule has 0 radical (unpaired) electrons. The second-order valence-corrected chi connectivity index (χ2v) is 23.1. The molecule has 0 saturated carbocycles. The highest BCUT2D eigenvalue weighted by Crippen LogP contribution is 2.18. The van der Waals surface area contributed by atoms with Gasteiger partial charge in [-0.2, -0.15) is 0 Å². The van der Waals surface area contributed by atoms with Gasteiger partial charge < -0.3 is 14.2 Å². The van der Waals surface area contributed by atoms with Crippen LogP contribution in [0.15, 0.2) is 48.6 Å². The Morgan fingerprint density at radius 2 is 0.468 bits per heavy atom. The lowest BCUT2D eigenvalue weighted by Crippen LogP contribution is -2.30. The molecule has 6 heteroatoms. The molecular weight excluding hydrogens is 949 g/mol. The number of carbonyl (C=O) groups excluding carboxylic acids is 3. The van der Waals surface area contributed by atoms with E-state index in [1.54, 1.807) is 0 Å². The van der Waals surface area contributed by atoms with Crippen molar-refractivity contribution < 1.29 is 28.6 Å². The normalized spacial score (nSPS) is 12.3. The Labute approximate surface area is 479 Å². The largest absolute Gasteiger partial charge is 0.462 e. The molecule has 0 fully saturated rings. The fraction of sp³-hybridized carbons (Fsp3) is 0.845. The van der Waals surface area contributed by atoms with Crippen LogP contribution < -0.4 is 0 Å². The lowest BCUT2D eigenvalue weighted by Gasteiger charge is -2.18. The molecule has 0 spiro atoms. The highest BCUT2D eigenvalue weighted by atomic mass is 16.6. The summed E-state index contributed by atoms with van der Waals surface area (Å²) in [5, 5.41) is 0. The van der Waals surface area contributed by atoms with Crippen LogP contribution in [0.4, 0.5) is 0 Å². The molecule has 0 aromatic carbocycles.